The molecule has 0 saturated heterocycles. The molecule has 0 nitrogen and oxygen atoms in total. The Balaban J connectivity index is 1.21. The molecule has 11 rings (SSSR count). The molecular formula is C53H36. The highest BCUT2D eigenvalue weighted by molar-refractivity contribution is 6.19. The molecule has 10 aromatic carbocycles. The topological polar surface area (TPSA) is 0 Å². The Morgan fingerprint density at radius 2 is 0.830 bits per heavy atom. The van der Waals surface area contributed by atoms with Gasteiger partial charge in [-0.1, -0.05) is 172 Å². The summed E-state index contributed by atoms with van der Waals surface area (Å²) in [7, 11) is 0. The molecule has 248 valence electrons. The molecular weight excluding hydrogens is 637 g/mol. The molecule has 0 unspecified atom stereocenters. The molecule has 0 aromatic heterocycles. The monoisotopic (exact) mass is 672 g/mol. The van der Waals surface area contributed by atoms with Crippen LogP contribution in [0.1, 0.15) is 25.0 Å². The SMILES string of the molecule is CC1(C)c2cc(-c3ccc4c(-c5ccc6ccccc6c5)c5ccccc5cc4c3-c3ccc4ccccc4c3)ccc2-c2ccc3ccccc3c21. The molecule has 0 N–H and O–H groups in total. The summed E-state index contributed by atoms with van der Waals surface area (Å²) in [5, 5.41) is 12.7. The lowest BCUT2D eigenvalue weighted by molar-refractivity contribution is 0.666. The largest absolute Gasteiger partial charge is 0.0616 e. The van der Waals surface area contributed by atoms with Crippen LogP contribution in [0.15, 0.2) is 182 Å². The van der Waals surface area contributed by atoms with Crippen LogP contribution in [-0.2, 0) is 5.41 Å². The highest BCUT2D eigenvalue weighted by atomic mass is 14.4. The molecule has 1 aliphatic carbocycles. The van der Waals surface area contributed by atoms with Crippen molar-refractivity contribution in [2.24, 2.45) is 0 Å². The maximum Gasteiger partial charge on any atom is 0.0165 e. The van der Waals surface area contributed by atoms with Crippen molar-refractivity contribution in [2.45, 2.75) is 19.3 Å². The molecule has 0 aliphatic heterocycles. The van der Waals surface area contributed by atoms with E-state index in [1.165, 1.54) is 109 Å². The lowest BCUT2D eigenvalue weighted by atomic mass is 9.79. The Morgan fingerprint density at radius 1 is 0.302 bits per heavy atom. The van der Waals surface area contributed by atoms with Gasteiger partial charge in [0.1, 0.15) is 0 Å². The third kappa shape index (κ3) is 4.49. The van der Waals surface area contributed by atoms with Crippen molar-refractivity contribution in [1.29, 1.82) is 0 Å². The van der Waals surface area contributed by atoms with E-state index in [0.29, 0.717) is 0 Å². The molecule has 10 aromatic rings. The third-order valence-electron chi connectivity index (χ3n) is 12.0. The second kappa shape index (κ2) is 11.2. The molecule has 0 heterocycles. The summed E-state index contributed by atoms with van der Waals surface area (Å²) < 4.78 is 0. The van der Waals surface area contributed by atoms with Gasteiger partial charge >= 0.3 is 0 Å². The average molecular weight is 673 g/mol. The Hall–Kier alpha value is -6.50. The molecule has 0 radical (unpaired) electrons. The summed E-state index contributed by atoms with van der Waals surface area (Å²) in [6, 6.07) is 68.1. The van der Waals surface area contributed by atoms with Gasteiger partial charge in [0.15, 0.2) is 0 Å². The minimum Gasteiger partial charge on any atom is -0.0616 e. The first-order valence-corrected chi connectivity index (χ1v) is 18.7. The van der Waals surface area contributed by atoms with Gasteiger partial charge in [-0.15, -0.1) is 0 Å². The molecule has 53 heavy (non-hydrogen) atoms. The first kappa shape index (κ1) is 30.2. The number of fused-ring (bicyclic) bond motifs is 9. The molecule has 0 atom stereocenters. The molecule has 0 amide bonds. The van der Waals surface area contributed by atoms with E-state index in [-0.39, 0.29) is 5.41 Å². The minimum atomic E-state index is -0.138. The Kier molecular flexibility index (Phi) is 6.40. The Morgan fingerprint density at radius 3 is 1.55 bits per heavy atom. The van der Waals surface area contributed by atoms with Crippen molar-refractivity contribution in [3.63, 3.8) is 0 Å². The maximum atomic E-state index is 2.49. The number of benzene rings is 10. The van der Waals surface area contributed by atoms with Crippen LogP contribution in [0.5, 0.6) is 0 Å². The van der Waals surface area contributed by atoms with Gasteiger partial charge in [-0.3, -0.25) is 0 Å². The van der Waals surface area contributed by atoms with E-state index in [0.717, 1.165) is 0 Å². The Bertz CT molecular complexity index is 3140. The van der Waals surface area contributed by atoms with Gasteiger partial charge in [-0.2, -0.15) is 0 Å². The molecule has 1 aliphatic rings. The maximum absolute atomic E-state index is 2.49. The quantitative estimate of drug-likeness (QED) is 0.164. The van der Waals surface area contributed by atoms with Crippen molar-refractivity contribution in [3.05, 3.63) is 193 Å². The molecule has 0 bridgehead atoms. The van der Waals surface area contributed by atoms with E-state index < -0.39 is 0 Å². The summed E-state index contributed by atoms with van der Waals surface area (Å²) in [4.78, 5) is 0. The normalized spacial score (nSPS) is 13.2. The Labute approximate surface area is 309 Å². The van der Waals surface area contributed by atoms with Crippen LogP contribution in [0.4, 0.5) is 0 Å². The van der Waals surface area contributed by atoms with Gasteiger partial charge in [0.05, 0.1) is 0 Å². The van der Waals surface area contributed by atoms with Crippen LogP contribution >= 0.6 is 0 Å². The van der Waals surface area contributed by atoms with Gasteiger partial charge in [0, 0.05) is 5.41 Å². The summed E-state index contributed by atoms with van der Waals surface area (Å²) in [5.41, 5.74) is 12.9. The van der Waals surface area contributed by atoms with Gasteiger partial charge in [0.2, 0.25) is 0 Å². The zero-order valence-electron chi connectivity index (χ0n) is 29.8. The average Bonchev–Trinajstić information content (AvgIpc) is 3.44. The molecule has 0 heteroatoms. The van der Waals surface area contributed by atoms with Gasteiger partial charge in [0.25, 0.3) is 0 Å². The van der Waals surface area contributed by atoms with Crippen LogP contribution in [0.25, 0.3) is 98.4 Å². The zero-order chi connectivity index (χ0) is 35.3. The number of hydrogen-bond acceptors (Lipinski definition) is 0. The molecule has 0 saturated carbocycles. The van der Waals surface area contributed by atoms with Crippen LogP contribution in [0.3, 0.4) is 0 Å². The fourth-order valence-corrected chi connectivity index (χ4v) is 9.46. The highest BCUT2D eigenvalue weighted by Gasteiger charge is 2.37. The first-order chi connectivity index (χ1) is 26.0. The van der Waals surface area contributed by atoms with Gasteiger partial charge in [-0.05, 0) is 134 Å². The van der Waals surface area contributed by atoms with Crippen LogP contribution < -0.4 is 0 Å². The van der Waals surface area contributed by atoms with Crippen molar-refractivity contribution in [2.75, 3.05) is 0 Å². The lowest BCUT2D eigenvalue weighted by Gasteiger charge is -2.24. The molecule has 0 spiro atoms. The molecule has 0 fully saturated rings. The van der Waals surface area contributed by atoms with Crippen molar-refractivity contribution in [1.82, 2.24) is 0 Å². The fourth-order valence-electron chi connectivity index (χ4n) is 9.46. The van der Waals surface area contributed by atoms with E-state index in [2.05, 4.69) is 196 Å². The first-order valence-electron chi connectivity index (χ1n) is 18.7. The van der Waals surface area contributed by atoms with Crippen LogP contribution in [-0.4, -0.2) is 0 Å². The van der Waals surface area contributed by atoms with Crippen LogP contribution in [0.2, 0.25) is 0 Å². The van der Waals surface area contributed by atoms with E-state index in [9.17, 15) is 0 Å². The van der Waals surface area contributed by atoms with Crippen molar-refractivity contribution in [3.8, 4) is 44.5 Å². The van der Waals surface area contributed by atoms with E-state index >= 15 is 0 Å². The minimum absolute atomic E-state index is 0.138. The van der Waals surface area contributed by atoms with E-state index in [4.69, 9.17) is 0 Å². The predicted octanol–water partition coefficient (Wildman–Crippen LogP) is 14.8. The second-order valence-corrected chi connectivity index (χ2v) is 15.3. The second-order valence-electron chi connectivity index (χ2n) is 15.3. The van der Waals surface area contributed by atoms with Crippen LogP contribution in [0, 0.1) is 0 Å². The summed E-state index contributed by atoms with van der Waals surface area (Å²) >= 11 is 0. The zero-order valence-corrected chi connectivity index (χ0v) is 29.8. The summed E-state index contributed by atoms with van der Waals surface area (Å²) in [6.07, 6.45) is 0. The number of rotatable bonds is 3. The summed E-state index contributed by atoms with van der Waals surface area (Å²) in [6.45, 7) is 4.81. The predicted molar refractivity (Wildman–Crippen MR) is 228 cm³/mol. The standard InChI is InChI=1S/C53H36/c1-53(2)49-32-39(24-25-45(49)47-26-23-35-13-7-10-18-44(35)52(47)53)43-27-28-46-48(51(43)41-22-20-34-12-4-6-15-37(34)30-41)31-38-16-8-9-17-42(38)50(46)40-21-19-33-11-3-5-14-36(33)29-40/h3-32H,1-2H3. The van der Waals surface area contributed by atoms with E-state index in [1.807, 2.05) is 0 Å². The van der Waals surface area contributed by atoms with Gasteiger partial charge in [-0.25, -0.2) is 0 Å². The number of hydrogen-bond donors (Lipinski definition) is 0. The van der Waals surface area contributed by atoms with Crippen molar-refractivity contribution < 1.29 is 0 Å². The lowest BCUT2D eigenvalue weighted by Crippen LogP contribution is -2.15. The smallest absolute Gasteiger partial charge is 0.0165 e. The fraction of sp³-hybridized carbons (Fsp3) is 0.0566. The van der Waals surface area contributed by atoms with E-state index in [1.54, 1.807) is 0 Å². The summed E-state index contributed by atoms with van der Waals surface area (Å²) in [5.74, 6) is 0. The third-order valence-corrected chi connectivity index (χ3v) is 12.0. The highest BCUT2D eigenvalue weighted by Crippen LogP contribution is 2.53. The van der Waals surface area contributed by atoms with Crippen molar-refractivity contribution >= 4 is 53.9 Å². The van der Waals surface area contributed by atoms with Gasteiger partial charge < -0.3 is 0 Å².